The molecule has 7 nitrogen and oxygen atoms in total. The van der Waals surface area contributed by atoms with Crippen molar-refractivity contribution in [3.8, 4) is 0 Å². The van der Waals surface area contributed by atoms with Crippen LogP contribution in [-0.4, -0.2) is 24.7 Å². The zero-order valence-corrected chi connectivity index (χ0v) is 14.3. The molecule has 0 aliphatic rings. The van der Waals surface area contributed by atoms with Crippen molar-refractivity contribution in [1.29, 1.82) is 0 Å². The van der Waals surface area contributed by atoms with Gasteiger partial charge in [0.2, 0.25) is 5.95 Å². The summed E-state index contributed by atoms with van der Waals surface area (Å²) in [6, 6.07) is 9.51. The molecule has 0 amide bonds. The Kier molecular flexibility index (Phi) is 5.13. The summed E-state index contributed by atoms with van der Waals surface area (Å²) in [5.41, 5.74) is 3.45. The van der Waals surface area contributed by atoms with Gasteiger partial charge in [0.15, 0.2) is 0 Å². The molecule has 0 atom stereocenters. The third kappa shape index (κ3) is 4.06. The number of rotatable bonds is 6. The molecule has 2 heterocycles. The van der Waals surface area contributed by atoms with E-state index in [-0.39, 0.29) is 5.69 Å². The van der Waals surface area contributed by atoms with Gasteiger partial charge in [-0.3, -0.25) is 4.57 Å². The van der Waals surface area contributed by atoms with E-state index in [0.717, 1.165) is 35.5 Å². The number of nitrogens with zero attached hydrogens (tertiary/aromatic N) is 5. The van der Waals surface area contributed by atoms with Crippen LogP contribution in [0.4, 0.5) is 11.6 Å². The minimum Gasteiger partial charge on any atom is -0.323 e. The summed E-state index contributed by atoms with van der Waals surface area (Å²) in [6.07, 6.45) is 4.85. The second-order valence-electron chi connectivity index (χ2n) is 5.59. The Morgan fingerprint density at radius 3 is 2.68 bits per heavy atom. The van der Waals surface area contributed by atoms with Crippen molar-refractivity contribution in [3.05, 3.63) is 70.2 Å². The average molecular weight is 336 g/mol. The molecule has 0 saturated carbocycles. The average Bonchev–Trinajstić information content (AvgIpc) is 2.64. The lowest BCUT2D eigenvalue weighted by Gasteiger charge is -2.10. The summed E-state index contributed by atoms with van der Waals surface area (Å²) in [6.45, 7) is 4.55. The van der Waals surface area contributed by atoms with E-state index in [0.29, 0.717) is 12.5 Å². The summed E-state index contributed by atoms with van der Waals surface area (Å²) in [5.74, 6) is 0.477. The Bertz CT molecular complexity index is 921. The number of aryl methyl sites for hydroxylation is 2. The van der Waals surface area contributed by atoms with Crippen molar-refractivity contribution in [1.82, 2.24) is 24.7 Å². The van der Waals surface area contributed by atoms with Crippen LogP contribution in [0.1, 0.15) is 30.8 Å². The highest BCUT2D eigenvalue weighted by Gasteiger charge is 2.07. The predicted molar refractivity (Wildman–Crippen MR) is 95.9 cm³/mol. The first-order chi connectivity index (χ1) is 12.2. The van der Waals surface area contributed by atoms with Crippen LogP contribution in [0, 0.1) is 0 Å². The van der Waals surface area contributed by atoms with Gasteiger partial charge in [-0.1, -0.05) is 26.0 Å². The van der Waals surface area contributed by atoms with Crippen LogP contribution in [0.5, 0.6) is 0 Å². The maximum atomic E-state index is 11.7. The minimum absolute atomic E-state index is 0.267. The molecule has 3 aromatic rings. The predicted octanol–water partition coefficient (Wildman–Crippen LogP) is 2.34. The normalized spacial score (nSPS) is 10.6. The van der Waals surface area contributed by atoms with Crippen molar-refractivity contribution >= 4 is 11.6 Å². The maximum Gasteiger partial charge on any atom is 0.347 e. The van der Waals surface area contributed by atoms with Gasteiger partial charge >= 0.3 is 5.69 Å². The Labute approximate surface area is 145 Å². The van der Waals surface area contributed by atoms with E-state index in [4.69, 9.17) is 0 Å². The van der Waals surface area contributed by atoms with Gasteiger partial charge in [0.1, 0.15) is 0 Å². The van der Waals surface area contributed by atoms with Gasteiger partial charge in [-0.2, -0.15) is 0 Å². The zero-order valence-electron chi connectivity index (χ0n) is 14.3. The molecule has 1 N–H and O–H groups in total. The van der Waals surface area contributed by atoms with Gasteiger partial charge in [0.05, 0.1) is 17.9 Å². The molecule has 0 aliphatic carbocycles. The van der Waals surface area contributed by atoms with Crippen LogP contribution >= 0.6 is 0 Å². The second-order valence-corrected chi connectivity index (χ2v) is 5.59. The first-order valence-electron chi connectivity index (χ1n) is 8.29. The highest BCUT2D eigenvalue weighted by molar-refractivity contribution is 5.54. The third-order valence-corrected chi connectivity index (χ3v) is 3.83. The van der Waals surface area contributed by atoms with E-state index < -0.39 is 0 Å². The molecule has 2 aromatic heterocycles. The van der Waals surface area contributed by atoms with E-state index in [1.807, 2.05) is 31.2 Å². The minimum atomic E-state index is -0.267. The summed E-state index contributed by atoms with van der Waals surface area (Å²) in [4.78, 5) is 20.0. The van der Waals surface area contributed by atoms with Crippen molar-refractivity contribution in [3.63, 3.8) is 0 Å². The molecule has 0 spiro atoms. The maximum absolute atomic E-state index is 11.7. The summed E-state index contributed by atoms with van der Waals surface area (Å²) >= 11 is 0. The molecular formula is C18H20N6O. The van der Waals surface area contributed by atoms with Gasteiger partial charge in [0, 0.05) is 18.1 Å². The number of anilines is 2. The molecule has 128 valence electrons. The fourth-order valence-electron chi connectivity index (χ4n) is 2.57. The topological polar surface area (TPSA) is 85.6 Å². The molecule has 1 aromatic carbocycles. The zero-order chi connectivity index (χ0) is 17.6. The van der Waals surface area contributed by atoms with Crippen molar-refractivity contribution in [2.45, 2.75) is 33.2 Å². The summed E-state index contributed by atoms with van der Waals surface area (Å²) in [7, 11) is 0. The second kappa shape index (κ2) is 7.65. The first-order valence-corrected chi connectivity index (χ1v) is 8.29. The largest absolute Gasteiger partial charge is 0.347 e. The van der Waals surface area contributed by atoms with Crippen LogP contribution < -0.4 is 11.0 Å². The third-order valence-electron chi connectivity index (χ3n) is 3.83. The summed E-state index contributed by atoms with van der Waals surface area (Å²) in [5, 5.41) is 11.6. The molecule has 25 heavy (non-hydrogen) atoms. The molecule has 0 unspecified atom stereocenters. The SMILES string of the molecule is CCc1nnc(Nc2cccc(Cn3cccnc3=O)c2)nc1CC. The summed E-state index contributed by atoms with van der Waals surface area (Å²) < 4.78 is 1.56. The monoisotopic (exact) mass is 336 g/mol. The van der Waals surface area contributed by atoms with Gasteiger partial charge in [0.25, 0.3) is 0 Å². The van der Waals surface area contributed by atoms with E-state index in [9.17, 15) is 4.79 Å². The van der Waals surface area contributed by atoms with E-state index >= 15 is 0 Å². The smallest absolute Gasteiger partial charge is 0.323 e. The number of nitrogens with one attached hydrogen (secondary N) is 1. The van der Waals surface area contributed by atoms with Crippen LogP contribution in [0.25, 0.3) is 0 Å². The van der Waals surface area contributed by atoms with E-state index in [1.54, 1.807) is 16.8 Å². The highest BCUT2D eigenvalue weighted by Crippen LogP contribution is 2.16. The Morgan fingerprint density at radius 1 is 1.08 bits per heavy atom. The number of aromatic nitrogens is 5. The number of hydrogen-bond acceptors (Lipinski definition) is 6. The molecule has 0 aliphatic heterocycles. The van der Waals surface area contributed by atoms with Crippen molar-refractivity contribution in [2.24, 2.45) is 0 Å². The highest BCUT2D eigenvalue weighted by atomic mass is 16.1. The van der Waals surface area contributed by atoms with E-state index in [2.05, 4.69) is 32.4 Å². The van der Waals surface area contributed by atoms with Crippen molar-refractivity contribution < 1.29 is 0 Å². The van der Waals surface area contributed by atoms with Crippen molar-refractivity contribution in [2.75, 3.05) is 5.32 Å². The van der Waals surface area contributed by atoms with Gasteiger partial charge in [-0.25, -0.2) is 14.8 Å². The van der Waals surface area contributed by atoms with Crippen LogP contribution in [0.3, 0.4) is 0 Å². The lowest BCUT2D eigenvalue weighted by atomic mass is 10.2. The Balaban J connectivity index is 1.80. The fourth-order valence-corrected chi connectivity index (χ4v) is 2.57. The Hall–Kier alpha value is -3.09. The van der Waals surface area contributed by atoms with Gasteiger partial charge in [-0.05, 0) is 36.6 Å². The van der Waals surface area contributed by atoms with Gasteiger partial charge in [-0.15, -0.1) is 10.2 Å². The fraction of sp³-hybridized carbons (Fsp3) is 0.278. The van der Waals surface area contributed by atoms with Crippen LogP contribution in [0.15, 0.2) is 47.5 Å². The van der Waals surface area contributed by atoms with Crippen LogP contribution in [-0.2, 0) is 19.4 Å². The molecule has 0 bridgehead atoms. The molecule has 3 rings (SSSR count). The Morgan fingerprint density at radius 2 is 1.92 bits per heavy atom. The number of benzene rings is 1. The molecule has 0 saturated heterocycles. The molecule has 7 heteroatoms. The first kappa shape index (κ1) is 16.8. The molecule has 0 fully saturated rings. The molecule has 0 radical (unpaired) electrons. The lowest BCUT2D eigenvalue weighted by molar-refractivity contribution is 0.727. The van der Waals surface area contributed by atoms with Crippen LogP contribution in [0.2, 0.25) is 0 Å². The standard InChI is InChI=1S/C18H20N6O/c1-3-15-16(4-2)22-23-17(21-15)20-14-8-5-7-13(11-14)12-24-10-6-9-19-18(24)25/h5-11H,3-4,12H2,1-2H3,(H,20,21,23). The number of hydrogen-bond donors (Lipinski definition) is 1. The lowest BCUT2D eigenvalue weighted by Crippen LogP contribution is -2.21. The quantitative estimate of drug-likeness (QED) is 0.744. The van der Waals surface area contributed by atoms with Gasteiger partial charge < -0.3 is 5.32 Å². The van der Waals surface area contributed by atoms with E-state index in [1.165, 1.54) is 6.20 Å². The molecular weight excluding hydrogens is 316 g/mol.